The number of nitriles is 2. The molecular formula is C2H4N2O2SSi. The van der Waals surface area contributed by atoms with Gasteiger partial charge >= 0.3 is 24.8 Å². The second-order valence-corrected chi connectivity index (χ2v) is 0.887. The van der Waals surface area contributed by atoms with Crippen molar-refractivity contribution in [1.82, 2.24) is 0 Å². The van der Waals surface area contributed by atoms with Crippen LogP contribution in [-0.4, -0.2) is 11.0 Å². The van der Waals surface area contributed by atoms with Crippen LogP contribution in [0.25, 0.3) is 0 Å². The predicted molar refractivity (Wildman–Crippen MR) is 32.3 cm³/mol. The smallest absolute Gasteiger partial charge is 0.311 e. The van der Waals surface area contributed by atoms with Gasteiger partial charge in [0.25, 0.3) is 0 Å². The second kappa shape index (κ2) is 9.47. The van der Waals surface area contributed by atoms with Crippen LogP contribution in [-0.2, 0) is 8.37 Å². The van der Waals surface area contributed by atoms with Crippen molar-refractivity contribution in [3.63, 3.8) is 0 Å². The lowest BCUT2D eigenvalue weighted by Crippen LogP contribution is -1.64. The van der Waals surface area contributed by atoms with E-state index in [2.05, 4.69) is 8.37 Å². The summed E-state index contributed by atoms with van der Waals surface area (Å²) in [5, 5.41) is 15.2. The van der Waals surface area contributed by atoms with Crippen LogP contribution in [0.5, 0.6) is 0 Å². The number of hydrogen-bond donors (Lipinski definition) is 0. The van der Waals surface area contributed by atoms with Crippen molar-refractivity contribution in [2.45, 2.75) is 0 Å². The molecule has 44 valence electrons. The van der Waals surface area contributed by atoms with Gasteiger partial charge in [0, 0.05) is 0 Å². The molecular weight excluding hydrogens is 144 g/mol. The van der Waals surface area contributed by atoms with Crippen molar-refractivity contribution < 1.29 is 8.37 Å². The van der Waals surface area contributed by atoms with Crippen LogP contribution in [0.3, 0.4) is 0 Å². The maximum absolute atomic E-state index is 7.61. The van der Waals surface area contributed by atoms with E-state index >= 15 is 0 Å². The van der Waals surface area contributed by atoms with Crippen LogP contribution in [0.2, 0.25) is 0 Å². The maximum Gasteiger partial charge on any atom is 0.316 e. The molecule has 8 heavy (non-hydrogen) atoms. The lowest BCUT2D eigenvalue weighted by Gasteiger charge is -1.79. The van der Waals surface area contributed by atoms with E-state index < -0.39 is 0 Å². The Morgan fingerprint density at radius 1 is 1.12 bits per heavy atom. The first-order valence-electron chi connectivity index (χ1n) is 1.19. The van der Waals surface area contributed by atoms with E-state index in [4.69, 9.17) is 10.5 Å². The number of rotatable bonds is 2. The largest absolute Gasteiger partial charge is 0.316 e. The van der Waals surface area contributed by atoms with Gasteiger partial charge in [0.1, 0.15) is 0 Å². The predicted octanol–water partition coefficient (Wildman–Crippen LogP) is -0.907. The van der Waals surface area contributed by atoms with Gasteiger partial charge in [0.15, 0.2) is 0 Å². The summed E-state index contributed by atoms with van der Waals surface area (Å²) in [6.45, 7) is 0. The lowest BCUT2D eigenvalue weighted by atomic mass is 11.6. The van der Waals surface area contributed by atoms with Gasteiger partial charge < -0.3 is 8.37 Å². The van der Waals surface area contributed by atoms with Crippen LogP contribution in [0.1, 0.15) is 0 Å². The summed E-state index contributed by atoms with van der Waals surface area (Å²) in [5.41, 5.74) is 0. The molecule has 0 saturated heterocycles. The molecule has 0 N–H and O–H groups in total. The molecule has 0 rings (SSSR count). The molecule has 0 radical (unpaired) electrons. The van der Waals surface area contributed by atoms with Crippen molar-refractivity contribution in [2.75, 3.05) is 0 Å². The zero-order chi connectivity index (χ0) is 5.54. The third-order valence-electron chi connectivity index (χ3n) is 0.143. The topological polar surface area (TPSA) is 66.0 Å². The monoisotopic (exact) mass is 148 g/mol. The molecule has 0 unspecified atom stereocenters. The van der Waals surface area contributed by atoms with E-state index in [1.165, 1.54) is 12.5 Å². The van der Waals surface area contributed by atoms with E-state index in [9.17, 15) is 0 Å². The Kier molecular flexibility index (Phi) is 12.1. The maximum atomic E-state index is 7.61. The van der Waals surface area contributed by atoms with Gasteiger partial charge in [0.05, 0.1) is 0 Å². The Labute approximate surface area is 55.4 Å². The van der Waals surface area contributed by atoms with Gasteiger partial charge in [-0.3, -0.25) is 0 Å². The third-order valence-corrected chi connectivity index (χ3v) is 0.428. The van der Waals surface area contributed by atoms with Crippen LogP contribution >= 0.6 is 12.3 Å². The second-order valence-electron chi connectivity index (χ2n) is 0.417. The van der Waals surface area contributed by atoms with Crippen molar-refractivity contribution in [1.29, 1.82) is 10.5 Å². The number of hydrogen-bond acceptors (Lipinski definition) is 5. The fourth-order valence-electron chi connectivity index (χ4n) is 0.0474. The Morgan fingerprint density at radius 2 is 1.50 bits per heavy atom. The third kappa shape index (κ3) is 8.94. The SMILES string of the molecule is N#COSOC#N.[SiH4]. The van der Waals surface area contributed by atoms with E-state index in [-0.39, 0.29) is 11.0 Å². The minimum Gasteiger partial charge on any atom is -0.311 e. The fraction of sp³-hybridized carbons (Fsp3) is 0. The van der Waals surface area contributed by atoms with E-state index in [0.717, 1.165) is 0 Å². The Morgan fingerprint density at radius 3 is 1.75 bits per heavy atom. The van der Waals surface area contributed by atoms with Crippen molar-refractivity contribution in [3.8, 4) is 12.5 Å². The van der Waals surface area contributed by atoms with Crippen LogP contribution in [0.15, 0.2) is 0 Å². The molecule has 0 spiro atoms. The molecule has 0 aliphatic carbocycles. The zero-order valence-corrected chi connectivity index (χ0v) is 3.94. The number of nitrogens with zero attached hydrogens (tertiary/aromatic N) is 2. The molecule has 0 bridgehead atoms. The van der Waals surface area contributed by atoms with Gasteiger partial charge in [-0.05, 0) is 11.0 Å². The van der Waals surface area contributed by atoms with E-state index in [0.29, 0.717) is 12.3 Å². The molecule has 4 nitrogen and oxygen atoms in total. The molecule has 0 atom stereocenters. The Bertz CT molecular complexity index is 102. The Hall–Kier alpha value is -0.853. The molecule has 0 aliphatic rings. The fourth-order valence-corrected chi connectivity index (χ4v) is 0.142. The first kappa shape index (κ1) is 10.2. The molecule has 0 aromatic rings. The summed E-state index contributed by atoms with van der Waals surface area (Å²) < 4.78 is 7.70. The molecule has 0 heterocycles. The lowest BCUT2D eigenvalue weighted by molar-refractivity contribution is 0.485. The summed E-state index contributed by atoms with van der Waals surface area (Å²) in [6.07, 6.45) is 2.58. The summed E-state index contributed by atoms with van der Waals surface area (Å²) in [4.78, 5) is 0. The molecule has 0 aromatic heterocycles. The molecule has 0 amide bonds. The van der Waals surface area contributed by atoms with Crippen LogP contribution in [0, 0.1) is 23.0 Å². The summed E-state index contributed by atoms with van der Waals surface area (Å²) in [7, 11) is 0. The molecule has 0 aromatic carbocycles. The highest BCUT2D eigenvalue weighted by Gasteiger charge is 1.80. The quantitative estimate of drug-likeness (QED) is 0.219. The minimum absolute atomic E-state index is 0. The molecule has 6 heteroatoms. The molecule has 0 fully saturated rings. The van der Waals surface area contributed by atoms with Crippen molar-refractivity contribution in [3.05, 3.63) is 0 Å². The summed E-state index contributed by atoms with van der Waals surface area (Å²) in [6, 6.07) is 0. The van der Waals surface area contributed by atoms with E-state index in [1.54, 1.807) is 0 Å². The summed E-state index contributed by atoms with van der Waals surface area (Å²) in [5.74, 6) is 0. The average Bonchev–Trinajstić information content (AvgIpc) is 1.69. The van der Waals surface area contributed by atoms with Gasteiger partial charge in [0.2, 0.25) is 0 Å². The van der Waals surface area contributed by atoms with Crippen molar-refractivity contribution in [2.24, 2.45) is 0 Å². The first-order chi connectivity index (χ1) is 3.41. The van der Waals surface area contributed by atoms with Gasteiger partial charge in [-0.2, -0.15) is 0 Å². The average molecular weight is 148 g/mol. The Balaban J connectivity index is 0. The van der Waals surface area contributed by atoms with Gasteiger partial charge in [-0.1, -0.05) is 0 Å². The van der Waals surface area contributed by atoms with Crippen LogP contribution in [0.4, 0.5) is 0 Å². The van der Waals surface area contributed by atoms with Crippen LogP contribution < -0.4 is 0 Å². The highest BCUT2D eigenvalue weighted by Crippen LogP contribution is 1.98. The highest BCUT2D eigenvalue weighted by atomic mass is 32.2. The zero-order valence-electron chi connectivity index (χ0n) is 3.12. The standard InChI is InChI=1S/C2N2O2S.H4Si/c3-1-5-7-6-2-4;/h;1H4. The van der Waals surface area contributed by atoms with Gasteiger partial charge in [-0.25, -0.2) is 0 Å². The summed E-state index contributed by atoms with van der Waals surface area (Å²) >= 11 is 0.331. The van der Waals surface area contributed by atoms with Crippen molar-refractivity contribution >= 4 is 23.3 Å². The molecule has 0 aliphatic heterocycles. The normalized spacial score (nSPS) is 4.75. The highest BCUT2D eigenvalue weighted by molar-refractivity contribution is 7.90. The van der Waals surface area contributed by atoms with Gasteiger partial charge in [-0.15, -0.1) is 10.5 Å². The van der Waals surface area contributed by atoms with E-state index in [1.807, 2.05) is 0 Å². The first-order valence-corrected chi connectivity index (χ1v) is 1.86. The minimum atomic E-state index is 0. The molecule has 0 saturated carbocycles.